The molecule has 1 aromatic rings. The van der Waals surface area contributed by atoms with Crippen LogP contribution in [0.15, 0.2) is 12.1 Å². The Kier molecular flexibility index (Phi) is 4.89. The molecule has 1 heterocycles. The molecule has 0 saturated heterocycles. The Morgan fingerprint density at radius 1 is 1.41 bits per heavy atom. The number of nitrogens with zero attached hydrogens (tertiary/aromatic N) is 1. The Balaban J connectivity index is 2.52. The SMILES string of the molecule is Cc1ccc(OCCCS(C)(=O)=O)c(CO)n1. The van der Waals surface area contributed by atoms with Crippen molar-refractivity contribution in [2.24, 2.45) is 0 Å². The van der Waals surface area contributed by atoms with Crippen molar-refractivity contribution in [1.29, 1.82) is 0 Å². The Labute approximate surface area is 101 Å². The standard InChI is InChI=1S/C11H17NO4S/c1-9-4-5-11(10(8-13)12-9)16-6-3-7-17(2,14)15/h4-5,13H,3,6-8H2,1-2H3. The molecule has 0 aliphatic heterocycles. The van der Waals surface area contributed by atoms with Gasteiger partial charge in [-0.1, -0.05) is 0 Å². The summed E-state index contributed by atoms with van der Waals surface area (Å²) in [5.41, 5.74) is 1.28. The minimum atomic E-state index is -2.95. The first-order valence-corrected chi connectivity index (χ1v) is 7.36. The lowest BCUT2D eigenvalue weighted by atomic mass is 10.3. The van der Waals surface area contributed by atoms with Crippen LogP contribution in [0.3, 0.4) is 0 Å². The van der Waals surface area contributed by atoms with Gasteiger partial charge in [-0.05, 0) is 25.5 Å². The molecular weight excluding hydrogens is 242 g/mol. The van der Waals surface area contributed by atoms with Crippen LogP contribution in [0.1, 0.15) is 17.8 Å². The van der Waals surface area contributed by atoms with E-state index in [2.05, 4.69) is 4.98 Å². The molecule has 0 aromatic carbocycles. The maximum Gasteiger partial charge on any atom is 0.147 e. The molecule has 0 bridgehead atoms. The van der Waals surface area contributed by atoms with Crippen molar-refractivity contribution in [1.82, 2.24) is 4.98 Å². The zero-order chi connectivity index (χ0) is 12.9. The number of ether oxygens (including phenoxy) is 1. The van der Waals surface area contributed by atoms with Crippen LogP contribution in [0.4, 0.5) is 0 Å². The first kappa shape index (κ1) is 13.9. The summed E-state index contributed by atoms with van der Waals surface area (Å²) in [5.74, 6) is 0.604. The number of hydrogen-bond donors (Lipinski definition) is 1. The van der Waals surface area contributed by atoms with Gasteiger partial charge in [0.05, 0.1) is 19.0 Å². The number of pyridine rings is 1. The maximum atomic E-state index is 10.9. The van der Waals surface area contributed by atoms with Crippen LogP contribution >= 0.6 is 0 Å². The van der Waals surface area contributed by atoms with Gasteiger partial charge in [-0.15, -0.1) is 0 Å². The van der Waals surface area contributed by atoms with E-state index in [1.54, 1.807) is 12.1 Å². The van der Waals surface area contributed by atoms with E-state index < -0.39 is 9.84 Å². The van der Waals surface area contributed by atoms with Crippen molar-refractivity contribution in [3.05, 3.63) is 23.5 Å². The minimum absolute atomic E-state index is 0.0980. The Morgan fingerprint density at radius 3 is 2.71 bits per heavy atom. The zero-order valence-corrected chi connectivity index (χ0v) is 10.8. The van der Waals surface area contributed by atoms with Crippen LogP contribution in [-0.4, -0.2) is 37.1 Å². The highest BCUT2D eigenvalue weighted by Crippen LogP contribution is 2.16. The van der Waals surface area contributed by atoms with Crippen molar-refractivity contribution in [2.45, 2.75) is 20.0 Å². The smallest absolute Gasteiger partial charge is 0.147 e. The van der Waals surface area contributed by atoms with E-state index >= 15 is 0 Å². The molecule has 0 unspecified atom stereocenters. The van der Waals surface area contributed by atoms with E-state index in [1.165, 1.54) is 6.26 Å². The number of aryl methyl sites for hydroxylation is 1. The molecule has 5 nitrogen and oxygen atoms in total. The molecule has 1 aromatic heterocycles. The molecule has 0 aliphatic carbocycles. The molecule has 6 heteroatoms. The summed E-state index contributed by atoms with van der Waals surface area (Å²) in [6, 6.07) is 3.51. The predicted molar refractivity (Wildman–Crippen MR) is 64.7 cm³/mol. The van der Waals surface area contributed by atoms with Gasteiger partial charge < -0.3 is 9.84 Å². The van der Waals surface area contributed by atoms with Crippen LogP contribution in [0.5, 0.6) is 5.75 Å². The van der Waals surface area contributed by atoms with Gasteiger partial charge in [0.2, 0.25) is 0 Å². The Bertz CT molecular complexity index is 470. The van der Waals surface area contributed by atoms with Gasteiger partial charge in [0.1, 0.15) is 21.3 Å². The molecule has 1 rings (SSSR count). The highest BCUT2D eigenvalue weighted by molar-refractivity contribution is 7.90. The van der Waals surface area contributed by atoms with Gasteiger partial charge >= 0.3 is 0 Å². The molecular formula is C11H17NO4S. The number of aliphatic hydroxyl groups is 1. The summed E-state index contributed by atoms with van der Waals surface area (Å²) < 4.78 is 27.2. The second-order valence-corrected chi connectivity index (χ2v) is 6.15. The van der Waals surface area contributed by atoms with Crippen molar-refractivity contribution in [3.8, 4) is 5.75 Å². The highest BCUT2D eigenvalue weighted by atomic mass is 32.2. The minimum Gasteiger partial charge on any atom is -0.492 e. The number of hydrogen-bond acceptors (Lipinski definition) is 5. The fourth-order valence-corrected chi connectivity index (χ4v) is 1.99. The number of rotatable bonds is 6. The molecule has 0 atom stereocenters. The number of aliphatic hydroxyl groups excluding tert-OH is 1. The van der Waals surface area contributed by atoms with Crippen LogP contribution in [0.2, 0.25) is 0 Å². The van der Waals surface area contributed by atoms with Gasteiger partial charge in [0.15, 0.2) is 0 Å². The topological polar surface area (TPSA) is 76.5 Å². The van der Waals surface area contributed by atoms with E-state index in [9.17, 15) is 8.42 Å². The highest BCUT2D eigenvalue weighted by Gasteiger charge is 2.06. The van der Waals surface area contributed by atoms with Gasteiger partial charge in [-0.25, -0.2) is 8.42 Å². The summed E-state index contributed by atoms with van der Waals surface area (Å²) in [7, 11) is -2.95. The van der Waals surface area contributed by atoms with Crippen LogP contribution in [0, 0.1) is 6.92 Å². The maximum absolute atomic E-state index is 10.9. The molecule has 0 amide bonds. The van der Waals surface area contributed by atoms with Crippen LogP contribution in [0.25, 0.3) is 0 Å². The average Bonchev–Trinajstić information content (AvgIpc) is 2.24. The molecule has 96 valence electrons. The average molecular weight is 259 g/mol. The summed E-state index contributed by atoms with van der Waals surface area (Å²) in [4.78, 5) is 4.13. The van der Waals surface area contributed by atoms with E-state index in [0.717, 1.165) is 5.69 Å². The number of aromatic nitrogens is 1. The molecule has 1 N–H and O–H groups in total. The van der Waals surface area contributed by atoms with Gasteiger partial charge in [-0.2, -0.15) is 0 Å². The fraction of sp³-hybridized carbons (Fsp3) is 0.545. The summed E-state index contributed by atoms with van der Waals surface area (Å²) in [6.07, 6.45) is 1.62. The van der Waals surface area contributed by atoms with Gasteiger partial charge in [-0.3, -0.25) is 4.98 Å². The van der Waals surface area contributed by atoms with Crippen LogP contribution in [-0.2, 0) is 16.4 Å². The predicted octanol–water partition coefficient (Wildman–Crippen LogP) is 0.696. The molecule has 0 spiro atoms. The number of sulfone groups is 1. The third-order valence-corrected chi connectivity index (χ3v) is 3.17. The first-order valence-electron chi connectivity index (χ1n) is 5.30. The molecule has 17 heavy (non-hydrogen) atoms. The van der Waals surface area contributed by atoms with E-state index in [-0.39, 0.29) is 12.4 Å². The molecule has 0 saturated carbocycles. The second kappa shape index (κ2) is 5.97. The third-order valence-electron chi connectivity index (χ3n) is 2.14. The fourth-order valence-electron chi connectivity index (χ4n) is 1.35. The summed E-state index contributed by atoms with van der Waals surface area (Å²) in [6.45, 7) is 1.93. The van der Waals surface area contributed by atoms with Crippen LogP contribution < -0.4 is 4.74 Å². The normalized spacial score (nSPS) is 11.5. The van der Waals surface area contributed by atoms with E-state index in [1.807, 2.05) is 6.92 Å². The lowest BCUT2D eigenvalue weighted by Crippen LogP contribution is -2.09. The Morgan fingerprint density at radius 2 is 2.12 bits per heavy atom. The monoisotopic (exact) mass is 259 g/mol. The van der Waals surface area contributed by atoms with E-state index in [4.69, 9.17) is 9.84 Å². The third kappa shape index (κ3) is 5.14. The lowest BCUT2D eigenvalue weighted by Gasteiger charge is -2.09. The quantitative estimate of drug-likeness (QED) is 0.761. The summed E-state index contributed by atoms with van der Waals surface area (Å²) >= 11 is 0. The van der Waals surface area contributed by atoms with Crippen molar-refractivity contribution in [2.75, 3.05) is 18.6 Å². The Hall–Kier alpha value is -1.14. The molecule has 0 radical (unpaired) electrons. The van der Waals surface area contributed by atoms with Crippen molar-refractivity contribution >= 4 is 9.84 Å². The lowest BCUT2D eigenvalue weighted by molar-refractivity contribution is 0.257. The largest absolute Gasteiger partial charge is 0.492 e. The van der Waals surface area contributed by atoms with Gasteiger partial charge in [0.25, 0.3) is 0 Å². The zero-order valence-electron chi connectivity index (χ0n) is 10.0. The van der Waals surface area contributed by atoms with Crippen molar-refractivity contribution in [3.63, 3.8) is 0 Å². The summed E-state index contributed by atoms with van der Waals surface area (Å²) in [5, 5.41) is 9.09. The van der Waals surface area contributed by atoms with E-state index in [0.29, 0.717) is 24.5 Å². The first-order chi connectivity index (χ1) is 7.92. The second-order valence-electron chi connectivity index (χ2n) is 3.89. The van der Waals surface area contributed by atoms with Crippen molar-refractivity contribution < 1.29 is 18.3 Å². The van der Waals surface area contributed by atoms with Gasteiger partial charge in [0, 0.05) is 11.9 Å². The molecule has 0 aliphatic rings. The molecule has 0 fully saturated rings.